The lowest BCUT2D eigenvalue weighted by atomic mass is 10.2. The zero-order valence-electron chi connectivity index (χ0n) is 10.1. The number of halogens is 1. The first-order valence-electron chi connectivity index (χ1n) is 5.64. The van der Waals surface area contributed by atoms with Crippen molar-refractivity contribution in [1.29, 1.82) is 0 Å². The Labute approximate surface area is 112 Å². The SMILES string of the molecule is Cc1ccc(CO/N=[C]\c2ccccc2Cl)cc1. The molecule has 2 rings (SSSR count). The van der Waals surface area contributed by atoms with Crippen LogP contribution in [0.2, 0.25) is 5.02 Å². The maximum atomic E-state index is 5.96. The molecule has 0 aliphatic rings. The Morgan fingerprint density at radius 3 is 2.56 bits per heavy atom. The second kappa shape index (κ2) is 6.22. The molecule has 0 saturated heterocycles. The predicted octanol–water partition coefficient (Wildman–Crippen LogP) is 4.08. The van der Waals surface area contributed by atoms with Crippen LogP contribution in [-0.4, -0.2) is 6.21 Å². The first kappa shape index (κ1) is 12.7. The fourth-order valence-corrected chi connectivity index (χ4v) is 1.60. The van der Waals surface area contributed by atoms with E-state index in [2.05, 4.69) is 11.4 Å². The third kappa shape index (κ3) is 3.60. The van der Waals surface area contributed by atoms with Crippen molar-refractivity contribution in [3.05, 3.63) is 70.2 Å². The van der Waals surface area contributed by atoms with Gasteiger partial charge in [-0.05, 0) is 18.6 Å². The lowest BCUT2D eigenvalue weighted by molar-refractivity contribution is 0.132. The van der Waals surface area contributed by atoms with Gasteiger partial charge in [-0.2, -0.15) is 0 Å². The summed E-state index contributed by atoms with van der Waals surface area (Å²) >= 11 is 5.96. The average molecular weight is 259 g/mol. The highest BCUT2D eigenvalue weighted by Gasteiger charge is 1.96. The van der Waals surface area contributed by atoms with Gasteiger partial charge >= 0.3 is 0 Å². The van der Waals surface area contributed by atoms with E-state index in [-0.39, 0.29) is 0 Å². The zero-order chi connectivity index (χ0) is 12.8. The normalized spacial score (nSPS) is 10.8. The maximum Gasteiger partial charge on any atom is 0.142 e. The molecule has 0 fully saturated rings. The molecule has 0 amide bonds. The van der Waals surface area contributed by atoms with E-state index in [0.29, 0.717) is 11.6 Å². The summed E-state index contributed by atoms with van der Waals surface area (Å²) in [6, 6.07) is 15.5. The van der Waals surface area contributed by atoms with Crippen LogP contribution in [0.25, 0.3) is 0 Å². The van der Waals surface area contributed by atoms with Crippen molar-refractivity contribution in [3.63, 3.8) is 0 Å². The molecule has 0 aliphatic carbocycles. The van der Waals surface area contributed by atoms with Crippen molar-refractivity contribution < 1.29 is 4.84 Å². The molecule has 0 spiro atoms. The van der Waals surface area contributed by atoms with E-state index in [4.69, 9.17) is 16.4 Å². The van der Waals surface area contributed by atoms with Crippen molar-refractivity contribution >= 4 is 17.8 Å². The fraction of sp³-hybridized carbons (Fsp3) is 0.133. The molecular formula is C15H13ClNO. The van der Waals surface area contributed by atoms with Crippen LogP contribution >= 0.6 is 11.6 Å². The molecule has 0 unspecified atom stereocenters. The van der Waals surface area contributed by atoms with E-state index in [0.717, 1.165) is 11.1 Å². The van der Waals surface area contributed by atoms with E-state index in [1.165, 1.54) is 5.56 Å². The molecule has 0 aromatic heterocycles. The molecule has 0 heterocycles. The van der Waals surface area contributed by atoms with Gasteiger partial charge in [0, 0.05) is 5.56 Å². The van der Waals surface area contributed by atoms with Gasteiger partial charge in [0.1, 0.15) is 12.8 Å². The van der Waals surface area contributed by atoms with Gasteiger partial charge in [0.15, 0.2) is 0 Å². The quantitative estimate of drug-likeness (QED) is 0.598. The highest BCUT2D eigenvalue weighted by atomic mass is 35.5. The van der Waals surface area contributed by atoms with Crippen molar-refractivity contribution in [1.82, 2.24) is 0 Å². The highest BCUT2D eigenvalue weighted by Crippen LogP contribution is 2.12. The molecule has 0 atom stereocenters. The predicted molar refractivity (Wildman–Crippen MR) is 74.0 cm³/mol. The van der Waals surface area contributed by atoms with Gasteiger partial charge in [-0.25, -0.2) is 0 Å². The molecule has 18 heavy (non-hydrogen) atoms. The molecule has 91 valence electrons. The first-order chi connectivity index (χ1) is 8.75. The molecule has 2 aromatic carbocycles. The standard InChI is InChI=1S/C15H13ClNO/c1-12-6-8-13(9-7-12)11-18-17-10-14-4-2-3-5-15(14)16/h2-9H,11H2,1H3. The van der Waals surface area contributed by atoms with Gasteiger partial charge in [-0.15, -0.1) is 0 Å². The summed E-state index contributed by atoms with van der Waals surface area (Å²) in [5.74, 6) is 0. The molecule has 1 radical (unpaired) electrons. The Hall–Kier alpha value is -1.80. The second-order valence-corrected chi connectivity index (χ2v) is 4.35. The van der Waals surface area contributed by atoms with E-state index in [9.17, 15) is 0 Å². The van der Waals surface area contributed by atoms with Crippen LogP contribution in [0, 0.1) is 6.92 Å². The monoisotopic (exact) mass is 258 g/mol. The second-order valence-electron chi connectivity index (χ2n) is 3.94. The Balaban J connectivity index is 1.89. The molecule has 0 saturated carbocycles. The number of hydrogen-bond donors (Lipinski definition) is 0. The van der Waals surface area contributed by atoms with Crippen molar-refractivity contribution in [2.45, 2.75) is 13.5 Å². The topological polar surface area (TPSA) is 21.6 Å². The van der Waals surface area contributed by atoms with Crippen molar-refractivity contribution in [2.24, 2.45) is 5.16 Å². The van der Waals surface area contributed by atoms with Crippen LogP contribution < -0.4 is 0 Å². The number of hydrogen-bond acceptors (Lipinski definition) is 2. The van der Waals surface area contributed by atoms with Gasteiger partial charge in [-0.3, -0.25) is 0 Å². The van der Waals surface area contributed by atoms with Crippen molar-refractivity contribution in [3.8, 4) is 0 Å². The van der Waals surface area contributed by atoms with Crippen LogP contribution in [0.5, 0.6) is 0 Å². The van der Waals surface area contributed by atoms with Gasteiger partial charge in [-0.1, -0.05) is 64.8 Å². The molecule has 3 heteroatoms. The average Bonchev–Trinajstić information content (AvgIpc) is 2.39. The summed E-state index contributed by atoms with van der Waals surface area (Å²) in [4.78, 5) is 5.17. The smallest absolute Gasteiger partial charge is 0.142 e. The lowest BCUT2D eigenvalue weighted by Crippen LogP contribution is -1.89. The molecule has 0 N–H and O–H groups in total. The van der Waals surface area contributed by atoms with E-state index in [1.807, 2.05) is 49.4 Å². The van der Waals surface area contributed by atoms with Gasteiger partial charge in [0.2, 0.25) is 0 Å². The van der Waals surface area contributed by atoms with Crippen LogP contribution in [0.4, 0.5) is 0 Å². The third-order valence-corrected chi connectivity index (χ3v) is 2.79. The van der Waals surface area contributed by atoms with Gasteiger partial charge < -0.3 is 4.84 Å². The lowest BCUT2D eigenvalue weighted by Gasteiger charge is -2.00. The van der Waals surface area contributed by atoms with E-state index >= 15 is 0 Å². The third-order valence-electron chi connectivity index (χ3n) is 2.46. The minimum absolute atomic E-state index is 0.428. The summed E-state index contributed by atoms with van der Waals surface area (Å²) < 4.78 is 0. The molecule has 0 bridgehead atoms. The minimum atomic E-state index is 0.428. The molecule has 0 aliphatic heterocycles. The zero-order valence-corrected chi connectivity index (χ0v) is 10.8. The Kier molecular flexibility index (Phi) is 4.37. The van der Waals surface area contributed by atoms with Crippen LogP contribution in [0.1, 0.15) is 16.7 Å². The summed E-state index contributed by atoms with van der Waals surface area (Å²) in [6.07, 6.45) is 2.77. The number of aryl methyl sites for hydroxylation is 1. The Morgan fingerprint density at radius 2 is 1.83 bits per heavy atom. The Morgan fingerprint density at radius 1 is 1.11 bits per heavy atom. The summed E-state index contributed by atoms with van der Waals surface area (Å²) in [6.45, 7) is 2.48. The first-order valence-corrected chi connectivity index (χ1v) is 6.01. The van der Waals surface area contributed by atoms with Gasteiger partial charge in [0.25, 0.3) is 0 Å². The maximum absolute atomic E-state index is 5.96. The molecule has 2 aromatic rings. The van der Waals surface area contributed by atoms with E-state index < -0.39 is 0 Å². The highest BCUT2D eigenvalue weighted by molar-refractivity contribution is 6.33. The van der Waals surface area contributed by atoms with E-state index in [1.54, 1.807) is 6.07 Å². The fourth-order valence-electron chi connectivity index (χ4n) is 1.42. The van der Waals surface area contributed by atoms with Crippen molar-refractivity contribution in [2.75, 3.05) is 0 Å². The largest absolute Gasteiger partial charge is 0.390 e. The number of rotatable bonds is 4. The summed E-state index contributed by atoms with van der Waals surface area (Å²) in [5, 5.41) is 4.40. The van der Waals surface area contributed by atoms with Crippen LogP contribution in [0.3, 0.4) is 0 Å². The molecule has 2 nitrogen and oxygen atoms in total. The number of benzene rings is 2. The van der Waals surface area contributed by atoms with Crippen LogP contribution in [-0.2, 0) is 11.4 Å². The summed E-state index contributed by atoms with van der Waals surface area (Å²) in [7, 11) is 0. The Bertz CT molecular complexity index is 534. The summed E-state index contributed by atoms with van der Waals surface area (Å²) in [5.41, 5.74) is 3.03. The van der Waals surface area contributed by atoms with Crippen LogP contribution in [0.15, 0.2) is 53.7 Å². The van der Waals surface area contributed by atoms with Gasteiger partial charge in [0.05, 0.1) is 5.02 Å². The minimum Gasteiger partial charge on any atom is -0.390 e. The number of nitrogens with zero attached hydrogens (tertiary/aromatic N) is 1. The molecular weight excluding hydrogens is 246 g/mol.